The lowest BCUT2D eigenvalue weighted by molar-refractivity contribution is 0.0671. The maximum Gasteiger partial charge on any atom is 0.291 e. The second-order valence-electron chi connectivity index (χ2n) is 7.12. The van der Waals surface area contributed by atoms with E-state index in [0.717, 1.165) is 12.8 Å². The van der Waals surface area contributed by atoms with Crippen molar-refractivity contribution in [2.75, 3.05) is 13.1 Å². The quantitative estimate of drug-likeness (QED) is 0.670. The van der Waals surface area contributed by atoms with Crippen LogP contribution in [0.25, 0.3) is 11.1 Å². The number of piperidine rings is 1. The van der Waals surface area contributed by atoms with E-state index < -0.39 is 6.43 Å². The van der Waals surface area contributed by atoms with Gasteiger partial charge in [-0.25, -0.2) is 18.7 Å². The van der Waals surface area contributed by atoms with E-state index in [4.69, 9.17) is 8.94 Å². The number of hydrogen-bond acceptors (Lipinski definition) is 6. The molecular weight excluding hydrogens is 370 g/mol. The van der Waals surface area contributed by atoms with E-state index in [-0.39, 0.29) is 34.2 Å². The van der Waals surface area contributed by atoms with Crippen molar-refractivity contribution in [2.24, 2.45) is 0 Å². The van der Waals surface area contributed by atoms with Crippen LogP contribution in [-0.4, -0.2) is 39.0 Å². The summed E-state index contributed by atoms with van der Waals surface area (Å²) in [6, 6.07) is 1.42. The number of aryl methyl sites for hydroxylation is 3. The Bertz CT molecular complexity index is 1040. The molecule has 0 saturated carbocycles. The monoisotopic (exact) mass is 390 g/mol. The first-order valence-electron chi connectivity index (χ1n) is 9.13. The number of fused-ring (bicyclic) bond motifs is 1. The Morgan fingerprint density at radius 1 is 1.25 bits per heavy atom. The molecule has 148 valence electrons. The molecule has 1 aliphatic rings. The Morgan fingerprint density at radius 2 is 2.04 bits per heavy atom. The number of aromatic nitrogens is 3. The second-order valence-corrected chi connectivity index (χ2v) is 7.12. The van der Waals surface area contributed by atoms with Gasteiger partial charge in [-0.05, 0) is 32.8 Å². The number of pyridine rings is 1. The van der Waals surface area contributed by atoms with E-state index >= 15 is 0 Å². The molecule has 3 aromatic rings. The zero-order chi connectivity index (χ0) is 20.0. The zero-order valence-corrected chi connectivity index (χ0v) is 15.8. The maximum atomic E-state index is 13.6. The SMILES string of the molecule is Cc1nc(C)c(C(=O)N2CCCC(c3cc(C(F)F)c4c(C)noc4n3)C2)o1. The highest BCUT2D eigenvalue weighted by Gasteiger charge is 2.31. The molecule has 0 radical (unpaired) electrons. The number of carbonyl (C=O) groups is 1. The minimum Gasteiger partial charge on any atom is -0.436 e. The normalized spacial score (nSPS) is 17.6. The average molecular weight is 390 g/mol. The Kier molecular flexibility index (Phi) is 4.60. The molecule has 0 N–H and O–H groups in total. The number of carbonyl (C=O) groups excluding carboxylic acids is 1. The highest BCUT2D eigenvalue weighted by molar-refractivity contribution is 5.92. The van der Waals surface area contributed by atoms with Gasteiger partial charge in [-0.15, -0.1) is 0 Å². The van der Waals surface area contributed by atoms with Crippen LogP contribution in [0.15, 0.2) is 15.0 Å². The summed E-state index contributed by atoms with van der Waals surface area (Å²) in [4.78, 5) is 23.0. The number of likely N-dealkylation sites (tertiary alicyclic amines) is 1. The van der Waals surface area contributed by atoms with Crippen molar-refractivity contribution >= 4 is 17.0 Å². The first-order chi connectivity index (χ1) is 13.3. The lowest BCUT2D eigenvalue weighted by atomic mass is 9.92. The van der Waals surface area contributed by atoms with Crippen LogP contribution in [0.3, 0.4) is 0 Å². The molecule has 0 aliphatic carbocycles. The molecule has 3 aromatic heterocycles. The smallest absolute Gasteiger partial charge is 0.291 e. The predicted octanol–water partition coefficient (Wildman–Crippen LogP) is 4.09. The van der Waals surface area contributed by atoms with Crippen molar-refractivity contribution in [3.8, 4) is 0 Å². The van der Waals surface area contributed by atoms with Gasteiger partial charge in [0.15, 0.2) is 5.89 Å². The number of rotatable bonds is 3. The summed E-state index contributed by atoms with van der Waals surface area (Å²) in [7, 11) is 0. The molecule has 1 unspecified atom stereocenters. The minimum atomic E-state index is -2.66. The number of hydrogen-bond donors (Lipinski definition) is 0. The van der Waals surface area contributed by atoms with Gasteiger partial charge in [-0.3, -0.25) is 4.79 Å². The van der Waals surface area contributed by atoms with Gasteiger partial charge in [0.1, 0.15) is 0 Å². The third-order valence-electron chi connectivity index (χ3n) is 5.13. The first kappa shape index (κ1) is 18.5. The highest BCUT2D eigenvalue weighted by atomic mass is 19.3. The molecule has 9 heteroatoms. The van der Waals surface area contributed by atoms with Crippen molar-refractivity contribution in [2.45, 2.75) is 46.0 Å². The van der Waals surface area contributed by atoms with Crippen molar-refractivity contribution in [3.05, 3.63) is 40.4 Å². The van der Waals surface area contributed by atoms with Gasteiger partial charge in [-0.1, -0.05) is 5.16 Å². The summed E-state index contributed by atoms with van der Waals surface area (Å²) in [5.74, 6) is 0.243. The fourth-order valence-corrected chi connectivity index (χ4v) is 3.81. The van der Waals surface area contributed by atoms with Crippen LogP contribution in [0.4, 0.5) is 8.78 Å². The molecule has 1 saturated heterocycles. The molecule has 1 fully saturated rings. The van der Waals surface area contributed by atoms with E-state index in [1.807, 2.05) is 0 Å². The van der Waals surface area contributed by atoms with E-state index in [2.05, 4.69) is 15.1 Å². The minimum absolute atomic E-state index is 0.107. The Morgan fingerprint density at radius 3 is 2.71 bits per heavy atom. The van der Waals surface area contributed by atoms with Crippen LogP contribution in [0.1, 0.15) is 64.3 Å². The zero-order valence-electron chi connectivity index (χ0n) is 15.8. The van der Waals surface area contributed by atoms with Gasteiger partial charge in [-0.2, -0.15) is 0 Å². The summed E-state index contributed by atoms with van der Waals surface area (Å²) in [5.41, 5.74) is 1.39. The number of amides is 1. The molecule has 1 amide bonds. The van der Waals surface area contributed by atoms with Crippen LogP contribution in [-0.2, 0) is 0 Å². The standard InChI is InChI=1S/C19H20F2N4O3/c1-9-15-13(17(20)21)7-14(23-18(15)28-24-9)12-5-4-6-25(8-12)19(26)16-10(2)22-11(3)27-16/h7,12,17H,4-6,8H2,1-3H3. The summed E-state index contributed by atoms with van der Waals surface area (Å²) < 4.78 is 37.8. The third-order valence-corrected chi connectivity index (χ3v) is 5.13. The fraction of sp³-hybridized carbons (Fsp3) is 0.474. The third kappa shape index (κ3) is 3.14. The molecule has 0 spiro atoms. The van der Waals surface area contributed by atoms with Crippen molar-refractivity contribution in [1.29, 1.82) is 0 Å². The summed E-state index contributed by atoms with van der Waals surface area (Å²) >= 11 is 0. The molecule has 0 aromatic carbocycles. The summed E-state index contributed by atoms with van der Waals surface area (Å²) in [5, 5.41) is 4.02. The van der Waals surface area contributed by atoms with Crippen LogP contribution < -0.4 is 0 Å². The largest absolute Gasteiger partial charge is 0.436 e. The molecule has 1 aliphatic heterocycles. The van der Waals surface area contributed by atoms with Crippen molar-refractivity contribution < 1.29 is 22.5 Å². The van der Waals surface area contributed by atoms with Crippen LogP contribution in [0, 0.1) is 20.8 Å². The van der Waals surface area contributed by atoms with Gasteiger partial charge in [0.25, 0.3) is 18.0 Å². The highest BCUT2D eigenvalue weighted by Crippen LogP contribution is 2.34. The number of oxazole rings is 1. The topological polar surface area (TPSA) is 85.3 Å². The first-order valence-corrected chi connectivity index (χ1v) is 9.13. The van der Waals surface area contributed by atoms with Gasteiger partial charge < -0.3 is 13.8 Å². The lowest BCUT2D eigenvalue weighted by Gasteiger charge is -2.32. The van der Waals surface area contributed by atoms with Crippen LogP contribution >= 0.6 is 0 Å². The molecule has 4 heterocycles. The molecule has 28 heavy (non-hydrogen) atoms. The van der Waals surface area contributed by atoms with Crippen molar-refractivity contribution in [3.63, 3.8) is 0 Å². The average Bonchev–Trinajstić information content (AvgIpc) is 3.22. The molecular formula is C19H20F2N4O3. The van der Waals surface area contributed by atoms with Gasteiger partial charge in [0, 0.05) is 37.2 Å². The Balaban J connectivity index is 1.64. The summed E-state index contributed by atoms with van der Waals surface area (Å²) in [6.07, 6.45) is -1.18. The molecule has 1 atom stereocenters. The van der Waals surface area contributed by atoms with Crippen molar-refractivity contribution in [1.82, 2.24) is 20.0 Å². The second kappa shape index (κ2) is 6.96. The Hall–Kier alpha value is -2.84. The number of halogens is 2. The molecule has 4 rings (SSSR count). The van der Waals surface area contributed by atoms with Crippen LogP contribution in [0.5, 0.6) is 0 Å². The maximum absolute atomic E-state index is 13.6. The number of nitrogens with zero attached hydrogens (tertiary/aromatic N) is 4. The van der Waals surface area contributed by atoms with E-state index in [1.165, 1.54) is 6.07 Å². The van der Waals surface area contributed by atoms with E-state index in [1.54, 1.807) is 25.7 Å². The van der Waals surface area contributed by atoms with Gasteiger partial charge in [0.2, 0.25) is 5.76 Å². The fourth-order valence-electron chi connectivity index (χ4n) is 3.81. The van der Waals surface area contributed by atoms with Crippen LogP contribution in [0.2, 0.25) is 0 Å². The lowest BCUT2D eigenvalue weighted by Crippen LogP contribution is -2.39. The van der Waals surface area contributed by atoms with E-state index in [0.29, 0.717) is 36.1 Å². The predicted molar refractivity (Wildman–Crippen MR) is 95.4 cm³/mol. The molecule has 7 nitrogen and oxygen atoms in total. The molecule has 0 bridgehead atoms. The Labute approximate surface area is 159 Å². The van der Waals surface area contributed by atoms with E-state index in [9.17, 15) is 13.6 Å². The summed E-state index contributed by atoms with van der Waals surface area (Å²) in [6.45, 7) is 5.96. The van der Waals surface area contributed by atoms with Gasteiger partial charge in [0.05, 0.1) is 16.8 Å². The van der Waals surface area contributed by atoms with Gasteiger partial charge >= 0.3 is 0 Å². The number of alkyl halides is 2.